The van der Waals surface area contributed by atoms with Gasteiger partial charge in [0.05, 0.1) is 31.6 Å². The van der Waals surface area contributed by atoms with E-state index < -0.39 is 0 Å². The van der Waals surface area contributed by atoms with Gasteiger partial charge in [-0.25, -0.2) is 4.79 Å². The molecule has 98 valence electrons. The number of benzene rings is 1. The monoisotopic (exact) mass is 269 g/mol. The predicted molar refractivity (Wildman–Crippen MR) is 70.2 cm³/mol. The first-order valence-corrected chi connectivity index (χ1v) is 6.11. The number of nitrogens with one attached hydrogen (secondary N) is 1. The van der Waals surface area contributed by atoms with Crippen molar-refractivity contribution in [2.24, 2.45) is 5.41 Å². The quantitative estimate of drug-likeness (QED) is 0.854. The summed E-state index contributed by atoms with van der Waals surface area (Å²) in [5, 5.41) is 3.83. The molecule has 1 aromatic carbocycles. The molecule has 4 nitrogen and oxygen atoms in total. The second kappa shape index (κ2) is 5.16. The van der Waals surface area contributed by atoms with Crippen LogP contribution in [0.25, 0.3) is 0 Å². The van der Waals surface area contributed by atoms with Crippen LogP contribution in [0, 0.1) is 5.41 Å². The first kappa shape index (κ1) is 13.2. The van der Waals surface area contributed by atoms with E-state index in [4.69, 9.17) is 21.1 Å². The van der Waals surface area contributed by atoms with Gasteiger partial charge in [0.1, 0.15) is 0 Å². The van der Waals surface area contributed by atoms with Crippen molar-refractivity contribution in [2.75, 3.05) is 32.2 Å². The lowest BCUT2D eigenvalue weighted by atomic mass is 9.88. The van der Waals surface area contributed by atoms with E-state index in [1.165, 1.54) is 7.11 Å². The minimum atomic E-state index is -0.371. The summed E-state index contributed by atoms with van der Waals surface area (Å²) in [7, 11) is 1.36. The van der Waals surface area contributed by atoms with Crippen LogP contribution in [0.5, 0.6) is 0 Å². The van der Waals surface area contributed by atoms with Crippen molar-refractivity contribution in [3.05, 3.63) is 28.8 Å². The summed E-state index contributed by atoms with van der Waals surface area (Å²) < 4.78 is 9.93. The Balaban J connectivity index is 2.14. The molecule has 1 aliphatic heterocycles. The minimum absolute atomic E-state index is 0.121. The fraction of sp³-hybridized carbons (Fsp3) is 0.462. The third kappa shape index (κ3) is 2.76. The number of methoxy groups -OCH3 is 1. The minimum Gasteiger partial charge on any atom is -0.465 e. The number of hydrogen-bond acceptors (Lipinski definition) is 4. The van der Waals surface area contributed by atoms with E-state index in [9.17, 15) is 4.79 Å². The lowest BCUT2D eigenvalue weighted by molar-refractivity contribution is -0.0924. The van der Waals surface area contributed by atoms with Gasteiger partial charge in [-0.05, 0) is 18.2 Å². The highest BCUT2D eigenvalue weighted by atomic mass is 35.5. The number of esters is 1. The molecular weight excluding hydrogens is 254 g/mol. The second-order valence-corrected chi connectivity index (χ2v) is 5.27. The highest BCUT2D eigenvalue weighted by molar-refractivity contribution is 6.31. The summed E-state index contributed by atoms with van der Waals surface area (Å²) >= 11 is 5.95. The van der Waals surface area contributed by atoms with Gasteiger partial charge in [-0.3, -0.25) is 0 Å². The smallest absolute Gasteiger partial charge is 0.339 e. The third-order valence-corrected chi connectivity index (χ3v) is 3.23. The molecule has 1 fully saturated rings. The van der Waals surface area contributed by atoms with Gasteiger partial charge < -0.3 is 14.8 Å². The van der Waals surface area contributed by atoms with Crippen LogP contribution in [-0.2, 0) is 9.47 Å². The Labute approximate surface area is 111 Å². The van der Waals surface area contributed by atoms with Crippen LogP contribution < -0.4 is 5.32 Å². The molecule has 18 heavy (non-hydrogen) atoms. The van der Waals surface area contributed by atoms with Gasteiger partial charge in [0.25, 0.3) is 0 Å². The maximum Gasteiger partial charge on any atom is 0.339 e. The molecule has 0 amide bonds. The molecule has 0 spiro atoms. The van der Waals surface area contributed by atoms with E-state index in [1.54, 1.807) is 18.2 Å². The third-order valence-electron chi connectivity index (χ3n) is 2.99. The van der Waals surface area contributed by atoms with E-state index in [-0.39, 0.29) is 11.4 Å². The normalized spacial score (nSPS) is 16.8. The standard InChI is InChI=1S/C13H16ClNO3/c1-13(7-18-8-13)6-15-11-5-9(14)3-4-10(11)12(16)17-2/h3-5,15H,6-8H2,1-2H3. The number of hydrogen-bond donors (Lipinski definition) is 1. The molecule has 0 atom stereocenters. The van der Waals surface area contributed by atoms with Crippen LogP contribution in [-0.4, -0.2) is 32.8 Å². The highest BCUT2D eigenvalue weighted by Crippen LogP contribution is 2.28. The second-order valence-electron chi connectivity index (χ2n) is 4.84. The molecule has 1 heterocycles. The molecular formula is C13H16ClNO3. The Bertz CT molecular complexity index is 458. The molecule has 1 aromatic rings. The molecule has 1 saturated heterocycles. The zero-order valence-electron chi connectivity index (χ0n) is 10.5. The van der Waals surface area contributed by atoms with Crippen LogP contribution in [0.4, 0.5) is 5.69 Å². The zero-order chi connectivity index (χ0) is 13.2. The van der Waals surface area contributed by atoms with Gasteiger partial charge in [0, 0.05) is 17.0 Å². The van der Waals surface area contributed by atoms with Crippen LogP contribution >= 0.6 is 11.6 Å². The maximum absolute atomic E-state index is 11.6. The van der Waals surface area contributed by atoms with Crippen LogP contribution in [0.1, 0.15) is 17.3 Å². The number of anilines is 1. The Kier molecular flexibility index (Phi) is 3.78. The molecule has 0 saturated carbocycles. The van der Waals surface area contributed by atoms with Crippen LogP contribution in [0.3, 0.4) is 0 Å². The summed E-state index contributed by atoms with van der Waals surface area (Å²) in [6.07, 6.45) is 0. The van der Waals surface area contributed by atoms with Gasteiger partial charge >= 0.3 is 5.97 Å². The van der Waals surface area contributed by atoms with Crippen LogP contribution in [0.2, 0.25) is 5.02 Å². The van der Waals surface area contributed by atoms with Crippen molar-refractivity contribution in [3.8, 4) is 0 Å². The Hall–Kier alpha value is -1.26. The van der Waals surface area contributed by atoms with Gasteiger partial charge in [-0.2, -0.15) is 0 Å². The first-order valence-electron chi connectivity index (χ1n) is 5.74. The number of carbonyl (C=O) groups is 1. The number of halogens is 1. The summed E-state index contributed by atoms with van der Waals surface area (Å²) in [5.74, 6) is -0.371. The fourth-order valence-corrected chi connectivity index (χ4v) is 1.98. The Morgan fingerprint density at radius 2 is 2.28 bits per heavy atom. The van der Waals surface area contributed by atoms with Gasteiger partial charge in [0.2, 0.25) is 0 Å². The molecule has 2 rings (SSSR count). The summed E-state index contributed by atoms with van der Waals surface area (Å²) in [4.78, 5) is 11.6. The Morgan fingerprint density at radius 1 is 1.56 bits per heavy atom. The number of rotatable bonds is 4. The lowest BCUT2D eigenvalue weighted by Gasteiger charge is -2.38. The zero-order valence-corrected chi connectivity index (χ0v) is 11.2. The number of carbonyl (C=O) groups excluding carboxylic acids is 1. The lowest BCUT2D eigenvalue weighted by Crippen LogP contribution is -2.45. The van der Waals surface area contributed by atoms with Crippen molar-refractivity contribution in [3.63, 3.8) is 0 Å². The Morgan fingerprint density at radius 3 is 2.83 bits per heavy atom. The van der Waals surface area contributed by atoms with Crippen molar-refractivity contribution in [1.82, 2.24) is 0 Å². The molecule has 0 radical (unpaired) electrons. The van der Waals surface area contributed by atoms with Crippen molar-refractivity contribution in [1.29, 1.82) is 0 Å². The maximum atomic E-state index is 11.6. The van der Waals surface area contributed by atoms with E-state index in [2.05, 4.69) is 12.2 Å². The number of ether oxygens (including phenoxy) is 2. The largest absolute Gasteiger partial charge is 0.465 e. The van der Waals surface area contributed by atoms with Crippen molar-refractivity contribution in [2.45, 2.75) is 6.92 Å². The topological polar surface area (TPSA) is 47.6 Å². The van der Waals surface area contributed by atoms with E-state index >= 15 is 0 Å². The van der Waals surface area contributed by atoms with E-state index in [1.807, 2.05) is 0 Å². The van der Waals surface area contributed by atoms with E-state index in [0.29, 0.717) is 16.3 Å². The average molecular weight is 270 g/mol. The van der Waals surface area contributed by atoms with E-state index in [0.717, 1.165) is 19.8 Å². The SMILES string of the molecule is COC(=O)c1ccc(Cl)cc1NCC1(C)COC1. The molecule has 5 heteroatoms. The van der Waals surface area contributed by atoms with Crippen molar-refractivity contribution >= 4 is 23.3 Å². The molecule has 0 unspecified atom stereocenters. The van der Waals surface area contributed by atoms with Gasteiger partial charge in [0.15, 0.2) is 0 Å². The van der Waals surface area contributed by atoms with Gasteiger partial charge in [-0.1, -0.05) is 18.5 Å². The summed E-state index contributed by atoms with van der Waals surface area (Å²) in [6, 6.07) is 5.07. The van der Waals surface area contributed by atoms with Crippen molar-refractivity contribution < 1.29 is 14.3 Å². The van der Waals surface area contributed by atoms with Gasteiger partial charge in [-0.15, -0.1) is 0 Å². The fourth-order valence-electron chi connectivity index (χ4n) is 1.81. The molecule has 1 aliphatic rings. The first-order chi connectivity index (χ1) is 8.54. The molecule has 0 aromatic heterocycles. The summed E-state index contributed by atoms with van der Waals surface area (Å²) in [5.41, 5.74) is 1.31. The molecule has 1 N–H and O–H groups in total. The molecule has 0 aliphatic carbocycles. The summed E-state index contributed by atoms with van der Waals surface area (Å²) in [6.45, 7) is 4.32. The van der Waals surface area contributed by atoms with Crippen LogP contribution in [0.15, 0.2) is 18.2 Å². The highest BCUT2D eigenvalue weighted by Gasteiger charge is 2.33. The average Bonchev–Trinajstić information content (AvgIpc) is 2.33. The predicted octanol–water partition coefficient (Wildman–Crippen LogP) is 2.58. The molecule has 0 bridgehead atoms.